The quantitative estimate of drug-likeness (QED) is 0.743. The smallest absolute Gasteiger partial charge is 0.169 e. The van der Waals surface area contributed by atoms with Crippen molar-refractivity contribution in [3.8, 4) is 0 Å². The summed E-state index contributed by atoms with van der Waals surface area (Å²) in [6, 6.07) is 5.23. The molecule has 1 aliphatic rings. The van der Waals surface area contributed by atoms with Crippen molar-refractivity contribution in [3.05, 3.63) is 33.8 Å². The van der Waals surface area contributed by atoms with Gasteiger partial charge in [0.15, 0.2) is 5.78 Å². The molecule has 2 nitrogen and oxygen atoms in total. The van der Waals surface area contributed by atoms with E-state index >= 15 is 0 Å². The Labute approximate surface area is 130 Å². The summed E-state index contributed by atoms with van der Waals surface area (Å²) in [5.74, 6) is 0.117. The van der Waals surface area contributed by atoms with Gasteiger partial charge in [-0.2, -0.15) is 0 Å². The largest absolute Gasteiger partial charge is 0.370 e. The topological polar surface area (TPSA) is 26.3 Å². The van der Waals surface area contributed by atoms with E-state index in [1.165, 1.54) is 12.8 Å². The van der Waals surface area contributed by atoms with Crippen molar-refractivity contribution in [1.82, 2.24) is 0 Å². The zero-order valence-corrected chi connectivity index (χ0v) is 13.3. The van der Waals surface area contributed by atoms with Crippen LogP contribution in [0.1, 0.15) is 44.1 Å². The van der Waals surface area contributed by atoms with Crippen LogP contribution < -0.4 is 0 Å². The lowest BCUT2D eigenvalue weighted by atomic mass is 9.86. The molecule has 110 valence electrons. The average Bonchev–Trinajstić information content (AvgIpc) is 2.69. The number of hydrogen-bond acceptors (Lipinski definition) is 2. The first-order chi connectivity index (χ1) is 9.57. The molecule has 0 heterocycles. The standard InChI is InChI=1S/C16H20Cl2O2/c1-20-16(8-4-2-3-5-9-16)15(19)11-12-10-13(17)6-7-14(12)18/h6-7,10H,2-5,8-9,11H2,1H3. The van der Waals surface area contributed by atoms with Gasteiger partial charge < -0.3 is 4.74 Å². The predicted octanol–water partition coefficient (Wildman–Crippen LogP) is 4.84. The van der Waals surface area contributed by atoms with E-state index < -0.39 is 5.60 Å². The van der Waals surface area contributed by atoms with E-state index in [4.69, 9.17) is 27.9 Å². The Balaban J connectivity index is 2.18. The van der Waals surface area contributed by atoms with Gasteiger partial charge in [-0.05, 0) is 36.6 Å². The van der Waals surface area contributed by atoms with E-state index in [9.17, 15) is 4.79 Å². The number of carbonyl (C=O) groups excluding carboxylic acids is 1. The third-order valence-electron chi connectivity index (χ3n) is 4.17. The zero-order chi connectivity index (χ0) is 14.6. The minimum absolute atomic E-state index is 0.117. The predicted molar refractivity (Wildman–Crippen MR) is 82.6 cm³/mol. The van der Waals surface area contributed by atoms with Gasteiger partial charge in [0.05, 0.1) is 0 Å². The van der Waals surface area contributed by atoms with Crippen LogP contribution in [0.2, 0.25) is 10.0 Å². The van der Waals surface area contributed by atoms with E-state index in [0.29, 0.717) is 10.0 Å². The molecule has 0 amide bonds. The lowest BCUT2D eigenvalue weighted by Crippen LogP contribution is -2.41. The van der Waals surface area contributed by atoms with Gasteiger partial charge in [-0.3, -0.25) is 4.79 Å². The Bertz CT molecular complexity index is 477. The van der Waals surface area contributed by atoms with Crippen LogP contribution in [0.3, 0.4) is 0 Å². The van der Waals surface area contributed by atoms with Crippen LogP contribution in [0.15, 0.2) is 18.2 Å². The molecule has 0 saturated heterocycles. The maximum Gasteiger partial charge on any atom is 0.169 e. The Morgan fingerprint density at radius 1 is 1.20 bits per heavy atom. The summed E-state index contributed by atoms with van der Waals surface area (Å²) in [4.78, 5) is 12.7. The van der Waals surface area contributed by atoms with Crippen LogP contribution in [0.5, 0.6) is 0 Å². The number of methoxy groups -OCH3 is 1. The highest BCUT2D eigenvalue weighted by Crippen LogP contribution is 2.33. The average molecular weight is 315 g/mol. The van der Waals surface area contributed by atoms with Crippen molar-refractivity contribution in [2.45, 2.75) is 50.5 Å². The summed E-state index contributed by atoms with van der Waals surface area (Å²) in [6.07, 6.45) is 6.34. The number of hydrogen-bond donors (Lipinski definition) is 0. The number of halogens is 2. The van der Waals surface area contributed by atoms with Crippen LogP contribution in [0.4, 0.5) is 0 Å². The summed E-state index contributed by atoms with van der Waals surface area (Å²) in [5.41, 5.74) is 0.145. The van der Waals surface area contributed by atoms with Gasteiger partial charge in [0, 0.05) is 23.6 Å². The Morgan fingerprint density at radius 2 is 1.85 bits per heavy atom. The molecule has 20 heavy (non-hydrogen) atoms. The first-order valence-corrected chi connectivity index (χ1v) is 7.85. The molecule has 0 atom stereocenters. The lowest BCUT2D eigenvalue weighted by molar-refractivity contribution is -0.142. The SMILES string of the molecule is COC1(C(=O)Cc2cc(Cl)ccc2Cl)CCCCCC1. The summed E-state index contributed by atoms with van der Waals surface area (Å²) < 4.78 is 5.64. The fourth-order valence-electron chi connectivity index (χ4n) is 2.91. The summed E-state index contributed by atoms with van der Waals surface area (Å²) in [6.45, 7) is 0. The molecule has 1 aliphatic carbocycles. The molecule has 0 N–H and O–H groups in total. The molecular formula is C16H20Cl2O2. The van der Waals surface area contributed by atoms with Gasteiger partial charge in [0.2, 0.25) is 0 Å². The van der Waals surface area contributed by atoms with Crippen molar-refractivity contribution in [2.24, 2.45) is 0 Å². The fourth-order valence-corrected chi connectivity index (χ4v) is 3.29. The van der Waals surface area contributed by atoms with Gasteiger partial charge in [-0.1, -0.05) is 48.9 Å². The zero-order valence-electron chi connectivity index (χ0n) is 11.8. The third kappa shape index (κ3) is 3.55. The summed E-state index contributed by atoms with van der Waals surface area (Å²) in [5, 5.41) is 1.19. The number of carbonyl (C=O) groups is 1. The van der Waals surface area contributed by atoms with Gasteiger partial charge in [0.25, 0.3) is 0 Å². The van der Waals surface area contributed by atoms with Gasteiger partial charge in [-0.25, -0.2) is 0 Å². The Kier molecular flexibility index (Phi) is 5.48. The molecule has 0 aromatic heterocycles. The molecule has 4 heteroatoms. The third-order valence-corrected chi connectivity index (χ3v) is 4.77. The molecule has 0 radical (unpaired) electrons. The van der Waals surface area contributed by atoms with E-state index in [1.54, 1.807) is 25.3 Å². The number of ether oxygens (including phenoxy) is 1. The highest BCUT2D eigenvalue weighted by molar-refractivity contribution is 6.33. The van der Waals surface area contributed by atoms with Crippen LogP contribution in [0, 0.1) is 0 Å². The van der Waals surface area contributed by atoms with Gasteiger partial charge in [0.1, 0.15) is 5.60 Å². The van der Waals surface area contributed by atoms with Gasteiger partial charge >= 0.3 is 0 Å². The maximum atomic E-state index is 12.7. The molecule has 1 saturated carbocycles. The van der Waals surface area contributed by atoms with E-state index in [0.717, 1.165) is 31.2 Å². The minimum Gasteiger partial charge on any atom is -0.370 e. The molecule has 0 aliphatic heterocycles. The number of rotatable bonds is 4. The van der Waals surface area contributed by atoms with Crippen molar-refractivity contribution in [1.29, 1.82) is 0 Å². The van der Waals surface area contributed by atoms with Crippen molar-refractivity contribution in [2.75, 3.05) is 7.11 Å². The first kappa shape index (κ1) is 15.8. The Hall–Kier alpha value is -0.570. The van der Waals surface area contributed by atoms with E-state index in [-0.39, 0.29) is 12.2 Å². The number of Topliss-reactive ketones (excluding diaryl/α,β-unsaturated/α-hetero) is 1. The van der Waals surface area contributed by atoms with Crippen molar-refractivity contribution in [3.63, 3.8) is 0 Å². The first-order valence-electron chi connectivity index (χ1n) is 7.10. The Morgan fingerprint density at radius 3 is 2.45 bits per heavy atom. The van der Waals surface area contributed by atoms with Crippen LogP contribution in [-0.2, 0) is 16.0 Å². The second-order valence-electron chi connectivity index (χ2n) is 5.45. The minimum atomic E-state index is -0.637. The van der Waals surface area contributed by atoms with Crippen molar-refractivity contribution >= 4 is 29.0 Å². The van der Waals surface area contributed by atoms with E-state index in [2.05, 4.69) is 0 Å². The molecule has 1 aromatic carbocycles. The number of benzene rings is 1. The van der Waals surface area contributed by atoms with Crippen LogP contribution >= 0.6 is 23.2 Å². The van der Waals surface area contributed by atoms with Crippen LogP contribution in [-0.4, -0.2) is 18.5 Å². The van der Waals surface area contributed by atoms with Crippen LogP contribution in [0.25, 0.3) is 0 Å². The molecule has 1 fully saturated rings. The fraction of sp³-hybridized carbons (Fsp3) is 0.562. The second-order valence-corrected chi connectivity index (χ2v) is 6.29. The second kappa shape index (κ2) is 6.93. The molecule has 1 aromatic rings. The van der Waals surface area contributed by atoms with Crippen molar-refractivity contribution < 1.29 is 9.53 Å². The molecule has 0 spiro atoms. The van der Waals surface area contributed by atoms with E-state index in [1.807, 2.05) is 0 Å². The summed E-state index contributed by atoms with van der Waals surface area (Å²) >= 11 is 12.1. The lowest BCUT2D eigenvalue weighted by Gasteiger charge is -2.30. The molecule has 0 unspecified atom stereocenters. The molecule has 2 rings (SSSR count). The molecular weight excluding hydrogens is 295 g/mol. The highest BCUT2D eigenvalue weighted by Gasteiger charge is 2.38. The van der Waals surface area contributed by atoms with Gasteiger partial charge in [-0.15, -0.1) is 0 Å². The maximum absolute atomic E-state index is 12.7. The normalized spacial score (nSPS) is 18.6. The highest BCUT2D eigenvalue weighted by atomic mass is 35.5. The summed E-state index contributed by atoms with van der Waals surface area (Å²) in [7, 11) is 1.64. The number of ketones is 1. The monoisotopic (exact) mass is 314 g/mol. The molecule has 0 bridgehead atoms.